The summed E-state index contributed by atoms with van der Waals surface area (Å²) in [5.74, 6) is 0. The molecule has 1 saturated heterocycles. The van der Waals surface area contributed by atoms with Gasteiger partial charge in [0.25, 0.3) is 0 Å². The fraction of sp³-hybridized carbons (Fsp3) is 0.600. The van der Waals surface area contributed by atoms with Crippen molar-refractivity contribution >= 4 is 15.9 Å². The van der Waals surface area contributed by atoms with Gasteiger partial charge in [-0.2, -0.15) is 0 Å². The molecule has 0 aromatic heterocycles. The Morgan fingerprint density at radius 3 is 3.15 bits per heavy atom. The van der Waals surface area contributed by atoms with E-state index in [1.54, 1.807) is 0 Å². The SMILES string of the molecule is BrC1=CC(NC2CCCN2)=CCC1. The number of allylic oxidation sites excluding steroid dienone is 3. The van der Waals surface area contributed by atoms with Crippen molar-refractivity contribution in [2.75, 3.05) is 6.54 Å². The van der Waals surface area contributed by atoms with E-state index in [4.69, 9.17) is 0 Å². The van der Waals surface area contributed by atoms with Crippen LogP contribution in [0.15, 0.2) is 22.3 Å². The fourth-order valence-corrected chi connectivity index (χ4v) is 2.25. The van der Waals surface area contributed by atoms with Crippen LogP contribution in [0.2, 0.25) is 0 Å². The second-order valence-corrected chi connectivity index (χ2v) is 4.60. The van der Waals surface area contributed by atoms with E-state index < -0.39 is 0 Å². The van der Waals surface area contributed by atoms with E-state index in [2.05, 4.69) is 38.7 Å². The quantitative estimate of drug-likeness (QED) is 0.777. The first-order chi connectivity index (χ1) is 6.34. The Morgan fingerprint density at radius 1 is 1.54 bits per heavy atom. The Balaban J connectivity index is 1.90. The van der Waals surface area contributed by atoms with E-state index in [0.29, 0.717) is 6.17 Å². The summed E-state index contributed by atoms with van der Waals surface area (Å²) in [4.78, 5) is 0. The topological polar surface area (TPSA) is 24.1 Å². The van der Waals surface area contributed by atoms with E-state index in [1.807, 2.05) is 0 Å². The second kappa shape index (κ2) is 4.29. The lowest BCUT2D eigenvalue weighted by molar-refractivity contribution is 0.537. The zero-order valence-corrected chi connectivity index (χ0v) is 9.23. The standard InChI is InChI=1S/C10H15BrN2/c11-8-3-1-4-9(7-8)13-10-5-2-6-12-10/h4,7,10,12-13H,1-3,5-6H2. The normalized spacial score (nSPS) is 28.2. The number of halogens is 1. The maximum Gasteiger partial charge on any atom is 0.0768 e. The summed E-state index contributed by atoms with van der Waals surface area (Å²) in [6.45, 7) is 1.15. The second-order valence-electron chi connectivity index (χ2n) is 3.58. The van der Waals surface area contributed by atoms with Gasteiger partial charge < -0.3 is 5.32 Å². The van der Waals surface area contributed by atoms with Crippen molar-refractivity contribution in [2.45, 2.75) is 31.8 Å². The van der Waals surface area contributed by atoms with Crippen molar-refractivity contribution in [1.82, 2.24) is 10.6 Å². The van der Waals surface area contributed by atoms with Gasteiger partial charge in [-0.05, 0) is 42.8 Å². The molecule has 2 aliphatic rings. The van der Waals surface area contributed by atoms with Crippen molar-refractivity contribution < 1.29 is 0 Å². The van der Waals surface area contributed by atoms with Crippen LogP contribution < -0.4 is 10.6 Å². The first kappa shape index (κ1) is 9.28. The maximum absolute atomic E-state index is 3.54. The summed E-state index contributed by atoms with van der Waals surface area (Å²) in [5, 5.41) is 6.91. The molecule has 0 saturated carbocycles. The van der Waals surface area contributed by atoms with Gasteiger partial charge in [0.1, 0.15) is 0 Å². The molecular formula is C10H15BrN2. The van der Waals surface area contributed by atoms with Gasteiger partial charge in [0, 0.05) is 5.70 Å². The summed E-state index contributed by atoms with van der Waals surface area (Å²) in [6, 6.07) is 0. The lowest BCUT2D eigenvalue weighted by Crippen LogP contribution is -2.36. The molecule has 0 aromatic carbocycles. The van der Waals surface area contributed by atoms with Gasteiger partial charge in [-0.3, -0.25) is 5.32 Å². The van der Waals surface area contributed by atoms with E-state index in [1.165, 1.54) is 23.0 Å². The Bertz CT molecular complexity index is 239. The summed E-state index contributed by atoms with van der Waals surface area (Å²) >= 11 is 3.54. The number of rotatable bonds is 2. The molecule has 2 N–H and O–H groups in total. The molecule has 72 valence electrons. The highest BCUT2D eigenvalue weighted by Gasteiger charge is 2.14. The molecule has 0 spiro atoms. The molecule has 1 aliphatic heterocycles. The van der Waals surface area contributed by atoms with Gasteiger partial charge in [0.05, 0.1) is 6.17 Å². The minimum absolute atomic E-state index is 0.487. The van der Waals surface area contributed by atoms with E-state index in [0.717, 1.165) is 19.4 Å². The Morgan fingerprint density at radius 2 is 2.46 bits per heavy atom. The molecule has 1 atom stereocenters. The minimum Gasteiger partial charge on any atom is -0.370 e. The first-order valence-electron chi connectivity index (χ1n) is 4.91. The van der Waals surface area contributed by atoms with Crippen molar-refractivity contribution in [3.63, 3.8) is 0 Å². The van der Waals surface area contributed by atoms with Crippen LogP contribution in [-0.4, -0.2) is 12.7 Å². The van der Waals surface area contributed by atoms with Gasteiger partial charge in [-0.1, -0.05) is 22.0 Å². The number of hydrogen-bond acceptors (Lipinski definition) is 2. The third-order valence-corrected chi connectivity index (χ3v) is 3.09. The summed E-state index contributed by atoms with van der Waals surface area (Å²) in [7, 11) is 0. The van der Waals surface area contributed by atoms with Crippen molar-refractivity contribution in [1.29, 1.82) is 0 Å². The predicted octanol–water partition coefficient (Wildman–Crippen LogP) is 2.24. The van der Waals surface area contributed by atoms with Gasteiger partial charge >= 0.3 is 0 Å². The van der Waals surface area contributed by atoms with Crippen LogP contribution in [0.5, 0.6) is 0 Å². The van der Waals surface area contributed by atoms with Crippen LogP contribution in [0, 0.1) is 0 Å². The van der Waals surface area contributed by atoms with Crippen LogP contribution in [-0.2, 0) is 0 Å². The van der Waals surface area contributed by atoms with Crippen LogP contribution in [0.25, 0.3) is 0 Å². The average molecular weight is 243 g/mol. The highest BCUT2D eigenvalue weighted by atomic mass is 79.9. The fourth-order valence-electron chi connectivity index (χ4n) is 1.77. The molecule has 1 fully saturated rings. The zero-order valence-electron chi connectivity index (χ0n) is 7.65. The molecule has 0 amide bonds. The van der Waals surface area contributed by atoms with Gasteiger partial charge in [0.2, 0.25) is 0 Å². The van der Waals surface area contributed by atoms with E-state index in [9.17, 15) is 0 Å². The number of hydrogen-bond donors (Lipinski definition) is 2. The van der Waals surface area contributed by atoms with Crippen LogP contribution in [0.4, 0.5) is 0 Å². The molecular weight excluding hydrogens is 228 g/mol. The van der Waals surface area contributed by atoms with Crippen molar-refractivity contribution in [3.8, 4) is 0 Å². The lowest BCUT2D eigenvalue weighted by Gasteiger charge is -2.17. The molecule has 1 aliphatic carbocycles. The maximum atomic E-state index is 3.54. The van der Waals surface area contributed by atoms with Gasteiger partial charge in [-0.15, -0.1) is 0 Å². The molecule has 13 heavy (non-hydrogen) atoms. The van der Waals surface area contributed by atoms with Crippen LogP contribution in [0.1, 0.15) is 25.7 Å². The molecule has 0 radical (unpaired) electrons. The van der Waals surface area contributed by atoms with Crippen LogP contribution >= 0.6 is 15.9 Å². The van der Waals surface area contributed by atoms with Crippen molar-refractivity contribution in [3.05, 3.63) is 22.3 Å². The van der Waals surface area contributed by atoms with Gasteiger partial charge in [-0.25, -0.2) is 0 Å². The summed E-state index contributed by atoms with van der Waals surface area (Å²) in [6.07, 6.45) is 9.75. The smallest absolute Gasteiger partial charge is 0.0768 e. The highest BCUT2D eigenvalue weighted by Crippen LogP contribution is 2.21. The molecule has 2 rings (SSSR count). The molecule has 2 nitrogen and oxygen atoms in total. The van der Waals surface area contributed by atoms with Crippen LogP contribution in [0.3, 0.4) is 0 Å². The molecule has 0 aromatic rings. The lowest BCUT2D eigenvalue weighted by atomic mass is 10.1. The Kier molecular flexibility index (Phi) is 3.06. The largest absolute Gasteiger partial charge is 0.370 e. The number of nitrogens with one attached hydrogen (secondary N) is 2. The van der Waals surface area contributed by atoms with Gasteiger partial charge in [0.15, 0.2) is 0 Å². The van der Waals surface area contributed by atoms with E-state index >= 15 is 0 Å². The highest BCUT2D eigenvalue weighted by molar-refractivity contribution is 9.11. The average Bonchev–Trinajstić information content (AvgIpc) is 2.57. The third-order valence-electron chi connectivity index (χ3n) is 2.46. The Hall–Kier alpha value is -0.280. The van der Waals surface area contributed by atoms with Crippen molar-refractivity contribution in [2.24, 2.45) is 0 Å². The molecule has 1 unspecified atom stereocenters. The van der Waals surface area contributed by atoms with E-state index in [-0.39, 0.29) is 0 Å². The molecule has 1 heterocycles. The summed E-state index contributed by atoms with van der Waals surface area (Å²) in [5.41, 5.74) is 1.26. The molecule has 0 bridgehead atoms. The monoisotopic (exact) mass is 242 g/mol. The minimum atomic E-state index is 0.487. The third kappa shape index (κ3) is 2.58. The summed E-state index contributed by atoms with van der Waals surface area (Å²) < 4.78 is 1.30. The predicted molar refractivity (Wildman–Crippen MR) is 58.5 cm³/mol. The zero-order chi connectivity index (χ0) is 9.10. The molecule has 3 heteroatoms. The first-order valence-corrected chi connectivity index (χ1v) is 5.70. The Labute approximate surface area is 87.6 Å².